The first-order chi connectivity index (χ1) is 11.0. The van der Waals surface area contributed by atoms with Crippen LogP contribution in [0.4, 0.5) is 4.39 Å². The van der Waals surface area contributed by atoms with Crippen LogP contribution in [0.25, 0.3) is 0 Å². The van der Waals surface area contributed by atoms with Gasteiger partial charge in [0.25, 0.3) is 0 Å². The Morgan fingerprint density at radius 3 is 2.13 bits per heavy atom. The highest BCUT2D eigenvalue weighted by molar-refractivity contribution is 7.89. The van der Waals surface area contributed by atoms with E-state index in [0.29, 0.717) is 18.6 Å². The summed E-state index contributed by atoms with van der Waals surface area (Å²) in [6, 6.07) is 12.3. The molecule has 0 unspecified atom stereocenters. The molecule has 122 valence electrons. The Labute approximate surface area is 135 Å². The molecule has 6 heteroatoms. The summed E-state index contributed by atoms with van der Waals surface area (Å²) in [4.78, 5) is 0.187. The second-order valence-corrected chi connectivity index (χ2v) is 7.41. The molecular weight excluding hydrogens is 317 g/mol. The van der Waals surface area contributed by atoms with Gasteiger partial charge < -0.3 is 4.74 Å². The Morgan fingerprint density at radius 1 is 1.04 bits per heavy atom. The van der Waals surface area contributed by atoms with Gasteiger partial charge in [-0.25, -0.2) is 17.5 Å². The van der Waals surface area contributed by atoms with E-state index in [-0.39, 0.29) is 10.7 Å². The second-order valence-electron chi connectivity index (χ2n) is 5.72. The van der Waals surface area contributed by atoms with Crippen LogP contribution in [0.15, 0.2) is 53.4 Å². The molecule has 1 N–H and O–H groups in total. The van der Waals surface area contributed by atoms with E-state index in [4.69, 9.17) is 4.74 Å². The molecule has 0 amide bonds. The maximum absolute atomic E-state index is 13.1. The van der Waals surface area contributed by atoms with Gasteiger partial charge in [-0.05, 0) is 61.2 Å². The Balaban J connectivity index is 1.89. The van der Waals surface area contributed by atoms with Crippen molar-refractivity contribution in [3.05, 3.63) is 59.9 Å². The molecule has 4 nitrogen and oxygen atoms in total. The first-order valence-electron chi connectivity index (χ1n) is 7.39. The van der Waals surface area contributed by atoms with Crippen molar-refractivity contribution in [2.45, 2.75) is 29.7 Å². The van der Waals surface area contributed by atoms with Crippen molar-refractivity contribution in [2.75, 3.05) is 7.11 Å². The number of sulfonamides is 1. The zero-order valence-electron chi connectivity index (χ0n) is 12.8. The molecule has 2 aromatic carbocycles. The highest BCUT2D eigenvalue weighted by Gasteiger charge is 2.42. The first kappa shape index (κ1) is 16.0. The average molecular weight is 335 g/mol. The molecule has 1 aliphatic carbocycles. The Hall–Kier alpha value is -1.92. The monoisotopic (exact) mass is 335 g/mol. The number of hydrogen-bond donors (Lipinski definition) is 1. The molecule has 0 radical (unpaired) electrons. The predicted octanol–water partition coefficient (Wildman–Crippen LogP) is 3.19. The van der Waals surface area contributed by atoms with E-state index in [0.717, 1.165) is 12.0 Å². The van der Waals surface area contributed by atoms with Crippen LogP contribution in [-0.4, -0.2) is 15.5 Å². The van der Waals surface area contributed by atoms with E-state index in [1.54, 1.807) is 24.3 Å². The quantitative estimate of drug-likeness (QED) is 0.913. The van der Waals surface area contributed by atoms with Gasteiger partial charge in [0, 0.05) is 0 Å². The number of halogens is 1. The highest BCUT2D eigenvalue weighted by Crippen LogP contribution is 2.42. The van der Waals surface area contributed by atoms with E-state index >= 15 is 0 Å². The third-order valence-electron chi connectivity index (χ3n) is 4.30. The number of hydrogen-bond acceptors (Lipinski definition) is 3. The van der Waals surface area contributed by atoms with Crippen molar-refractivity contribution in [3.63, 3.8) is 0 Å². The van der Waals surface area contributed by atoms with Crippen molar-refractivity contribution in [3.8, 4) is 5.75 Å². The highest BCUT2D eigenvalue weighted by atomic mass is 32.2. The van der Waals surface area contributed by atoms with E-state index in [2.05, 4.69) is 4.72 Å². The second kappa shape index (κ2) is 5.94. The van der Waals surface area contributed by atoms with E-state index in [1.165, 1.54) is 31.4 Å². The average Bonchev–Trinajstić information content (AvgIpc) is 2.52. The van der Waals surface area contributed by atoms with Crippen LogP contribution in [0.1, 0.15) is 24.8 Å². The minimum atomic E-state index is -3.66. The van der Waals surface area contributed by atoms with Gasteiger partial charge in [0.2, 0.25) is 10.0 Å². The molecule has 1 aliphatic rings. The molecule has 1 fully saturated rings. The number of rotatable bonds is 5. The fraction of sp³-hybridized carbons (Fsp3) is 0.294. The van der Waals surface area contributed by atoms with Crippen molar-refractivity contribution in [2.24, 2.45) is 0 Å². The van der Waals surface area contributed by atoms with Gasteiger partial charge in [0.05, 0.1) is 17.5 Å². The van der Waals surface area contributed by atoms with Gasteiger partial charge in [-0.1, -0.05) is 12.1 Å². The van der Waals surface area contributed by atoms with E-state index in [9.17, 15) is 12.8 Å². The fourth-order valence-electron chi connectivity index (χ4n) is 2.82. The molecule has 0 aliphatic heterocycles. The van der Waals surface area contributed by atoms with Crippen LogP contribution < -0.4 is 9.46 Å². The molecular formula is C17H18FNO3S. The first-order valence-corrected chi connectivity index (χ1v) is 8.88. The summed E-state index contributed by atoms with van der Waals surface area (Å²) in [7, 11) is -2.13. The molecule has 23 heavy (non-hydrogen) atoms. The van der Waals surface area contributed by atoms with Crippen LogP contribution in [0.5, 0.6) is 5.75 Å². The molecule has 3 rings (SSSR count). The minimum Gasteiger partial charge on any atom is -0.497 e. The summed E-state index contributed by atoms with van der Waals surface area (Å²) in [6.07, 6.45) is 2.34. The molecule has 1 saturated carbocycles. The summed E-state index contributed by atoms with van der Waals surface area (Å²) in [6.45, 7) is 0. The summed E-state index contributed by atoms with van der Waals surface area (Å²) in [5.74, 6) is 0.266. The molecule has 0 heterocycles. The van der Waals surface area contributed by atoms with E-state index in [1.807, 2.05) is 0 Å². The van der Waals surface area contributed by atoms with Crippen LogP contribution in [-0.2, 0) is 15.6 Å². The summed E-state index contributed by atoms with van der Waals surface area (Å²) in [5.41, 5.74) is 0.147. The van der Waals surface area contributed by atoms with Crippen molar-refractivity contribution in [1.82, 2.24) is 4.72 Å². The van der Waals surface area contributed by atoms with Crippen LogP contribution in [0.2, 0.25) is 0 Å². The Kier molecular flexibility index (Phi) is 4.12. The zero-order valence-corrected chi connectivity index (χ0v) is 13.6. The summed E-state index contributed by atoms with van der Waals surface area (Å²) in [5, 5.41) is 0. The lowest BCUT2D eigenvalue weighted by atomic mass is 9.73. The molecule has 0 bridgehead atoms. The number of ether oxygens (including phenoxy) is 1. The van der Waals surface area contributed by atoms with Crippen LogP contribution in [0.3, 0.4) is 0 Å². The van der Waals surface area contributed by atoms with Gasteiger partial charge in [-0.2, -0.15) is 0 Å². The normalized spacial score (nSPS) is 16.6. The smallest absolute Gasteiger partial charge is 0.241 e. The van der Waals surface area contributed by atoms with E-state index < -0.39 is 15.6 Å². The summed E-state index contributed by atoms with van der Waals surface area (Å²) >= 11 is 0. The lowest BCUT2D eigenvalue weighted by Crippen LogP contribution is -2.50. The predicted molar refractivity (Wildman–Crippen MR) is 85.2 cm³/mol. The maximum atomic E-state index is 13.1. The topological polar surface area (TPSA) is 55.4 Å². The molecule has 0 saturated heterocycles. The molecule has 0 atom stereocenters. The molecule has 0 aromatic heterocycles. The Bertz CT molecular complexity index is 782. The standard InChI is InChI=1S/C17H18FNO3S/c1-22-15-7-9-16(10-8-15)23(20,21)19-17(11-2-12-17)13-3-5-14(18)6-4-13/h3-10,19H,2,11-12H2,1H3. The van der Waals surface area contributed by atoms with Crippen molar-refractivity contribution < 1.29 is 17.5 Å². The fourth-order valence-corrected chi connectivity index (χ4v) is 4.27. The SMILES string of the molecule is COc1ccc(S(=O)(=O)NC2(c3ccc(F)cc3)CCC2)cc1. The lowest BCUT2D eigenvalue weighted by Gasteiger charge is -2.42. The molecule has 2 aromatic rings. The van der Waals surface area contributed by atoms with Gasteiger partial charge in [-0.3, -0.25) is 0 Å². The largest absolute Gasteiger partial charge is 0.497 e. The van der Waals surface area contributed by atoms with Gasteiger partial charge in [-0.15, -0.1) is 0 Å². The van der Waals surface area contributed by atoms with Crippen LogP contribution >= 0.6 is 0 Å². The third-order valence-corrected chi connectivity index (χ3v) is 5.86. The summed E-state index contributed by atoms with van der Waals surface area (Å²) < 4.78 is 46.3. The zero-order chi connectivity index (χ0) is 16.5. The minimum absolute atomic E-state index is 0.187. The third kappa shape index (κ3) is 3.09. The van der Waals surface area contributed by atoms with Crippen molar-refractivity contribution in [1.29, 1.82) is 0 Å². The van der Waals surface area contributed by atoms with Crippen LogP contribution in [0, 0.1) is 5.82 Å². The van der Waals surface area contributed by atoms with Crippen molar-refractivity contribution >= 4 is 10.0 Å². The number of benzene rings is 2. The Morgan fingerprint density at radius 2 is 1.65 bits per heavy atom. The molecule has 0 spiro atoms. The van der Waals surface area contributed by atoms with Gasteiger partial charge >= 0.3 is 0 Å². The number of nitrogens with one attached hydrogen (secondary N) is 1. The van der Waals surface area contributed by atoms with Gasteiger partial charge in [0.15, 0.2) is 0 Å². The maximum Gasteiger partial charge on any atom is 0.241 e. The number of methoxy groups -OCH3 is 1. The van der Waals surface area contributed by atoms with Gasteiger partial charge in [0.1, 0.15) is 11.6 Å². The lowest BCUT2D eigenvalue weighted by molar-refractivity contribution is 0.224.